The highest BCUT2D eigenvalue weighted by Crippen LogP contribution is 2.35. The fraction of sp³-hybridized carbons (Fsp3) is 0.200. The van der Waals surface area contributed by atoms with Crippen molar-refractivity contribution in [2.24, 2.45) is 5.73 Å². The number of likely N-dealkylation sites (N-methyl/N-ethyl adjacent to an activating group) is 1. The normalized spacial score (nSPS) is 14.1. The predicted octanol–water partition coefficient (Wildman–Crippen LogP) is 1.95. The Morgan fingerprint density at radius 2 is 1.95 bits per heavy atom. The molecule has 2 heterocycles. The molecule has 20 heavy (non-hydrogen) atoms. The minimum Gasteiger partial charge on any atom is -0.384 e. The Morgan fingerprint density at radius 1 is 1.20 bits per heavy atom. The minimum absolute atomic E-state index is 0.0658. The minimum atomic E-state index is 0.0658. The second-order valence-electron chi connectivity index (χ2n) is 4.88. The van der Waals surface area contributed by atoms with Gasteiger partial charge in [0.05, 0.1) is 11.4 Å². The number of para-hydroxylation sites is 2. The third-order valence-electron chi connectivity index (χ3n) is 3.58. The summed E-state index contributed by atoms with van der Waals surface area (Å²) in [6.45, 7) is 1.80. The average molecular weight is 267 g/mol. The van der Waals surface area contributed by atoms with Crippen molar-refractivity contribution in [3.05, 3.63) is 48.2 Å². The molecular formula is C15H17N5. The molecule has 5 nitrogen and oxygen atoms in total. The summed E-state index contributed by atoms with van der Waals surface area (Å²) in [6, 6.07) is 11.9. The van der Waals surface area contributed by atoms with Gasteiger partial charge in [0.15, 0.2) is 0 Å². The molecule has 0 radical (unpaired) electrons. The van der Waals surface area contributed by atoms with Crippen molar-refractivity contribution in [2.45, 2.75) is 0 Å². The van der Waals surface area contributed by atoms with Gasteiger partial charge in [-0.05, 0) is 24.3 Å². The van der Waals surface area contributed by atoms with Gasteiger partial charge in [-0.3, -0.25) is 5.41 Å². The van der Waals surface area contributed by atoms with Crippen molar-refractivity contribution >= 4 is 23.0 Å². The quantitative estimate of drug-likeness (QED) is 0.644. The lowest BCUT2D eigenvalue weighted by Crippen LogP contribution is -2.36. The van der Waals surface area contributed by atoms with Crippen molar-refractivity contribution < 1.29 is 0 Å². The Labute approximate surface area is 118 Å². The van der Waals surface area contributed by atoms with E-state index >= 15 is 0 Å². The molecule has 3 rings (SSSR count). The van der Waals surface area contributed by atoms with E-state index in [0.717, 1.165) is 24.6 Å². The molecule has 1 aromatic heterocycles. The zero-order chi connectivity index (χ0) is 14.1. The van der Waals surface area contributed by atoms with Gasteiger partial charge < -0.3 is 15.5 Å². The van der Waals surface area contributed by atoms with Crippen LogP contribution in [-0.2, 0) is 0 Å². The number of fused-ring (bicyclic) bond motifs is 1. The molecule has 0 saturated heterocycles. The number of aromatic nitrogens is 1. The lowest BCUT2D eigenvalue weighted by molar-refractivity contribution is 0.813. The first-order valence-electron chi connectivity index (χ1n) is 6.55. The molecule has 102 valence electrons. The molecule has 0 bridgehead atoms. The number of nitrogens with two attached hydrogens (primary N) is 1. The van der Waals surface area contributed by atoms with Crippen LogP contribution in [0, 0.1) is 5.41 Å². The SMILES string of the molecule is CN1CCN(c2cc(C(=N)N)ccn2)c2ccccc21. The summed E-state index contributed by atoms with van der Waals surface area (Å²) < 4.78 is 0. The Balaban J connectivity index is 2.05. The summed E-state index contributed by atoms with van der Waals surface area (Å²) >= 11 is 0. The van der Waals surface area contributed by atoms with Crippen LogP contribution >= 0.6 is 0 Å². The maximum atomic E-state index is 7.55. The second kappa shape index (κ2) is 4.85. The molecule has 5 heteroatoms. The predicted molar refractivity (Wildman–Crippen MR) is 82.0 cm³/mol. The molecule has 1 aliphatic heterocycles. The number of rotatable bonds is 2. The molecule has 0 aliphatic carbocycles. The summed E-state index contributed by atoms with van der Waals surface area (Å²) in [5, 5.41) is 7.55. The molecule has 2 aromatic rings. The highest BCUT2D eigenvalue weighted by Gasteiger charge is 2.21. The molecule has 0 atom stereocenters. The topological polar surface area (TPSA) is 69.2 Å². The fourth-order valence-corrected chi connectivity index (χ4v) is 2.48. The summed E-state index contributed by atoms with van der Waals surface area (Å²) in [6.07, 6.45) is 1.70. The van der Waals surface area contributed by atoms with E-state index in [-0.39, 0.29) is 5.84 Å². The monoisotopic (exact) mass is 267 g/mol. The van der Waals surface area contributed by atoms with E-state index in [4.69, 9.17) is 11.1 Å². The van der Waals surface area contributed by atoms with E-state index in [1.54, 1.807) is 12.3 Å². The number of nitrogens with one attached hydrogen (secondary N) is 1. The Kier molecular flexibility index (Phi) is 3.02. The number of hydrogen-bond donors (Lipinski definition) is 2. The Hall–Kier alpha value is -2.56. The first-order valence-corrected chi connectivity index (χ1v) is 6.55. The van der Waals surface area contributed by atoms with E-state index in [1.807, 2.05) is 18.2 Å². The van der Waals surface area contributed by atoms with Crippen LogP contribution in [0.5, 0.6) is 0 Å². The summed E-state index contributed by atoms with van der Waals surface area (Å²) in [7, 11) is 2.09. The van der Waals surface area contributed by atoms with Gasteiger partial charge >= 0.3 is 0 Å². The molecule has 0 saturated carbocycles. The third-order valence-corrected chi connectivity index (χ3v) is 3.58. The van der Waals surface area contributed by atoms with Crippen LogP contribution < -0.4 is 15.5 Å². The summed E-state index contributed by atoms with van der Waals surface area (Å²) in [4.78, 5) is 8.83. The van der Waals surface area contributed by atoms with Crippen LogP contribution in [0.15, 0.2) is 42.6 Å². The van der Waals surface area contributed by atoms with Crippen molar-refractivity contribution in [2.75, 3.05) is 29.9 Å². The highest BCUT2D eigenvalue weighted by atomic mass is 15.3. The van der Waals surface area contributed by atoms with Gasteiger partial charge in [0.25, 0.3) is 0 Å². The van der Waals surface area contributed by atoms with Gasteiger partial charge in [0.1, 0.15) is 11.7 Å². The van der Waals surface area contributed by atoms with E-state index in [1.165, 1.54) is 5.69 Å². The maximum Gasteiger partial charge on any atom is 0.133 e. The van der Waals surface area contributed by atoms with Crippen LogP contribution in [0.3, 0.4) is 0 Å². The van der Waals surface area contributed by atoms with E-state index < -0.39 is 0 Å². The van der Waals surface area contributed by atoms with Crippen molar-refractivity contribution in [1.82, 2.24) is 4.98 Å². The van der Waals surface area contributed by atoms with E-state index in [9.17, 15) is 0 Å². The van der Waals surface area contributed by atoms with Crippen LogP contribution in [0.1, 0.15) is 5.56 Å². The fourth-order valence-electron chi connectivity index (χ4n) is 2.48. The lowest BCUT2D eigenvalue weighted by atomic mass is 10.1. The molecule has 1 aliphatic rings. The zero-order valence-electron chi connectivity index (χ0n) is 11.4. The largest absolute Gasteiger partial charge is 0.384 e. The summed E-state index contributed by atoms with van der Waals surface area (Å²) in [5.74, 6) is 0.898. The van der Waals surface area contributed by atoms with Gasteiger partial charge in [0, 0.05) is 31.9 Å². The highest BCUT2D eigenvalue weighted by molar-refractivity contribution is 5.95. The van der Waals surface area contributed by atoms with Gasteiger partial charge in [-0.15, -0.1) is 0 Å². The van der Waals surface area contributed by atoms with Gasteiger partial charge in [-0.25, -0.2) is 4.98 Å². The molecule has 0 fully saturated rings. The van der Waals surface area contributed by atoms with Crippen molar-refractivity contribution in [3.8, 4) is 0 Å². The van der Waals surface area contributed by atoms with Gasteiger partial charge in [-0.2, -0.15) is 0 Å². The van der Waals surface area contributed by atoms with E-state index in [0.29, 0.717) is 5.56 Å². The van der Waals surface area contributed by atoms with Crippen LogP contribution in [0.2, 0.25) is 0 Å². The Morgan fingerprint density at radius 3 is 2.70 bits per heavy atom. The van der Waals surface area contributed by atoms with Crippen LogP contribution in [-0.4, -0.2) is 31.0 Å². The molecule has 0 unspecified atom stereocenters. The number of pyridine rings is 1. The summed E-state index contributed by atoms with van der Waals surface area (Å²) in [5.41, 5.74) is 8.58. The average Bonchev–Trinajstić information content (AvgIpc) is 2.48. The number of amidine groups is 1. The zero-order valence-corrected chi connectivity index (χ0v) is 11.4. The lowest BCUT2D eigenvalue weighted by Gasteiger charge is -2.36. The van der Waals surface area contributed by atoms with Gasteiger partial charge in [-0.1, -0.05) is 12.1 Å². The van der Waals surface area contributed by atoms with Crippen molar-refractivity contribution in [3.63, 3.8) is 0 Å². The smallest absolute Gasteiger partial charge is 0.133 e. The second-order valence-corrected chi connectivity index (χ2v) is 4.88. The number of anilines is 3. The number of benzene rings is 1. The number of hydrogen-bond acceptors (Lipinski definition) is 4. The molecule has 3 N–H and O–H groups in total. The molecular weight excluding hydrogens is 250 g/mol. The third kappa shape index (κ3) is 2.07. The van der Waals surface area contributed by atoms with Crippen LogP contribution in [0.25, 0.3) is 0 Å². The Bertz CT molecular complexity index is 652. The first-order chi connectivity index (χ1) is 9.66. The van der Waals surface area contributed by atoms with E-state index in [2.05, 4.69) is 34.0 Å². The molecule has 1 aromatic carbocycles. The first kappa shape index (κ1) is 12.5. The number of nitrogens with zero attached hydrogens (tertiary/aromatic N) is 3. The molecule has 0 amide bonds. The van der Waals surface area contributed by atoms with Gasteiger partial charge in [0.2, 0.25) is 0 Å². The van der Waals surface area contributed by atoms with Crippen LogP contribution in [0.4, 0.5) is 17.2 Å². The molecule has 0 spiro atoms. The maximum absolute atomic E-state index is 7.55. The van der Waals surface area contributed by atoms with Crippen molar-refractivity contribution in [1.29, 1.82) is 5.41 Å². The standard InChI is InChI=1S/C15H17N5/c1-19-8-9-20(13-5-3-2-4-12(13)19)14-10-11(15(16)17)6-7-18-14/h2-7,10H,8-9H2,1H3,(H3,16,17). The number of nitrogen functional groups attached to an aromatic ring is 1.